The van der Waals surface area contributed by atoms with Crippen molar-refractivity contribution in [2.24, 2.45) is 11.7 Å². The fourth-order valence-electron chi connectivity index (χ4n) is 2.95. The van der Waals surface area contributed by atoms with Crippen LogP contribution in [0.4, 0.5) is 4.39 Å². The monoisotopic (exact) mass is 235 g/mol. The number of hydrogen-bond donors (Lipinski definition) is 2. The first-order valence-electron chi connectivity index (χ1n) is 6.42. The summed E-state index contributed by atoms with van der Waals surface area (Å²) in [6.07, 6.45) is 5.46. The lowest BCUT2D eigenvalue weighted by atomic mass is 9.77. The molecule has 2 atom stereocenters. The summed E-state index contributed by atoms with van der Waals surface area (Å²) in [4.78, 5) is 0. The van der Waals surface area contributed by atoms with E-state index in [1.165, 1.54) is 18.9 Å². The molecule has 92 valence electrons. The topological polar surface area (TPSA) is 46.2 Å². The molecule has 0 aliphatic heterocycles. The number of hydrogen-bond acceptors (Lipinski definition) is 2. The molecule has 1 fully saturated rings. The lowest BCUT2D eigenvalue weighted by molar-refractivity contribution is 0.408. The van der Waals surface area contributed by atoms with E-state index in [0.717, 1.165) is 36.3 Å². The molecule has 0 saturated heterocycles. The lowest BCUT2D eigenvalue weighted by Gasteiger charge is -2.31. The molecule has 0 bridgehead atoms. The number of fused-ring (bicyclic) bond motifs is 1. The Labute approximate surface area is 101 Å². The van der Waals surface area contributed by atoms with Gasteiger partial charge in [0.25, 0.3) is 0 Å². The van der Waals surface area contributed by atoms with E-state index < -0.39 is 5.82 Å². The number of halogens is 1. The second kappa shape index (κ2) is 3.98. The maximum atomic E-state index is 13.5. The van der Waals surface area contributed by atoms with Crippen molar-refractivity contribution in [1.82, 2.24) is 0 Å². The van der Waals surface area contributed by atoms with E-state index in [4.69, 9.17) is 5.73 Å². The Bertz CT molecular complexity index is 442. The number of aromatic hydroxyl groups is 1. The summed E-state index contributed by atoms with van der Waals surface area (Å²) in [5.41, 5.74) is 8.29. The van der Waals surface area contributed by atoms with Crippen LogP contribution >= 0.6 is 0 Å². The van der Waals surface area contributed by atoms with Crippen molar-refractivity contribution in [2.45, 2.75) is 44.1 Å². The van der Waals surface area contributed by atoms with Gasteiger partial charge >= 0.3 is 0 Å². The maximum Gasteiger partial charge on any atom is 0.165 e. The van der Waals surface area contributed by atoms with Crippen LogP contribution in [0.2, 0.25) is 0 Å². The molecule has 17 heavy (non-hydrogen) atoms. The average molecular weight is 235 g/mol. The molecule has 1 aromatic carbocycles. The third-order valence-electron chi connectivity index (χ3n) is 4.16. The summed E-state index contributed by atoms with van der Waals surface area (Å²) in [6, 6.07) is 3.22. The predicted molar refractivity (Wildman–Crippen MR) is 64.4 cm³/mol. The third kappa shape index (κ3) is 2.04. The third-order valence-corrected chi connectivity index (χ3v) is 4.16. The largest absolute Gasteiger partial charge is 0.505 e. The number of phenols is 1. The van der Waals surface area contributed by atoms with Gasteiger partial charge in [-0.25, -0.2) is 4.39 Å². The van der Waals surface area contributed by atoms with Crippen molar-refractivity contribution >= 4 is 0 Å². The van der Waals surface area contributed by atoms with E-state index in [9.17, 15) is 9.50 Å². The summed E-state index contributed by atoms with van der Waals surface area (Å²) in [6.45, 7) is 0. The fourth-order valence-corrected chi connectivity index (χ4v) is 2.95. The molecular weight excluding hydrogens is 217 g/mol. The number of rotatable bonds is 2. The number of phenolic OH excluding ortho intramolecular Hbond substituents is 1. The Morgan fingerprint density at radius 3 is 2.76 bits per heavy atom. The van der Waals surface area contributed by atoms with Gasteiger partial charge in [-0.3, -0.25) is 0 Å². The van der Waals surface area contributed by atoms with E-state index in [0.29, 0.717) is 0 Å². The van der Waals surface area contributed by atoms with Gasteiger partial charge in [-0.05, 0) is 54.4 Å². The Morgan fingerprint density at radius 2 is 2.06 bits per heavy atom. The van der Waals surface area contributed by atoms with E-state index in [2.05, 4.69) is 0 Å². The predicted octanol–water partition coefficient (Wildman–Crippen LogP) is 2.69. The lowest BCUT2D eigenvalue weighted by Crippen LogP contribution is -2.33. The van der Waals surface area contributed by atoms with Crippen molar-refractivity contribution in [3.63, 3.8) is 0 Å². The SMILES string of the molecule is NC1CCc2cc(O)c(F)cc2C1CC1CC1. The van der Waals surface area contributed by atoms with Crippen molar-refractivity contribution in [1.29, 1.82) is 0 Å². The highest BCUT2D eigenvalue weighted by Crippen LogP contribution is 2.43. The van der Waals surface area contributed by atoms with Gasteiger partial charge < -0.3 is 10.8 Å². The van der Waals surface area contributed by atoms with Crippen molar-refractivity contribution in [3.8, 4) is 5.75 Å². The highest BCUT2D eigenvalue weighted by Gasteiger charge is 2.33. The molecule has 0 amide bonds. The molecule has 2 aliphatic carbocycles. The van der Waals surface area contributed by atoms with E-state index in [1.54, 1.807) is 6.07 Å². The standard InChI is InChI=1S/C14H18FNO/c15-12-7-10-9(6-14(12)17)3-4-13(16)11(10)5-8-1-2-8/h6-8,11,13,17H,1-5,16H2. The zero-order chi connectivity index (χ0) is 12.0. The maximum absolute atomic E-state index is 13.5. The molecule has 3 N–H and O–H groups in total. The molecule has 3 rings (SSSR count). The number of nitrogens with two attached hydrogens (primary N) is 1. The molecule has 2 aliphatic rings. The summed E-state index contributed by atoms with van der Waals surface area (Å²) in [7, 11) is 0. The number of aryl methyl sites for hydroxylation is 1. The van der Waals surface area contributed by atoms with Crippen LogP contribution in [0.3, 0.4) is 0 Å². The molecule has 3 heteroatoms. The van der Waals surface area contributed by atoms with Crippen LogP contribution in [-0.2, 0) is 6.42 Å². The zero-order valence-corrected chi connectivity index (χ0v) is 9.82. The smallest absolute Gasteiger partial charge is 0.165 e. The molecule has 0 aromatic heterocycles. The number of benzene rings is 1. The highest BCUT2D eigenvalue weighted by molar-refractivity contribution is 5.41. The van der Waals surface area contributed by atoms with Crippen LogP contribution in [0, 0.1) is 11.7 Å². The van der Waals surface area contributed by atoms with Crippen LogP contribution in [0.1, 0.15) is 42.7 Å². The summed E-state index contributed by atoms with van der Waals surface area (Å²) < 4.78 is 13.5. The second-order valence-electron chi connectivity index (χ2n) is 5.49. The van der Waals surface area contributed by atoms with Gasteiger partial charge in [-0.2, -0.15) is 0 Å². The van der Waals surface area contributed by atoms with E-state index in [1.807, 2.05) is 0 Å². The first-order chi connectivity index (χ1) is 8.15. The molecule has 1 aromatic rings. The molecule has 2 unspecified atom stereocenters. The average Bonchev–Trinajstić information content (AvgIpc) is 3.09. The molecule has 0 radical (unpaired) electrons. The Morgan fingerprint density at radius 1 is 1.29 bits per heavy atom. The summed E-state index contributed by atoms with van der Waals surface area (Å²) >= 11 is 0. The summed E-state index contributed by atoms with van der Waals surface area (Å²) in [5.74, 6) is 0.318. The Hall–Kier alpha value is -1.09. The molecule has 0 spiro atoms. The Kier molecular flexibility index (Phi) is 2.58. The molecular formula is C14H18FNO. The minimum Gasteiger partial charge on any atom is -0.505 e. The highest BCUT2D eigenvalue weighted by atomic mass is 19.1. The molecule has 2 nitrogen and oxygen atoms in total. The first kappa shape index (κ1) is 11.0. The van der Waals surface area contributed by atoms with Gasteiger partial charge in [0.1, 0.15) is 0 Å². The van der Waals surface area contributed by atoms with Gasteiger partial charge in [0.2, 0.25) is 0 Å². The van der Waals surface area contributed by atoms with Crippen molar-refractivity contribution in [3.05, 3.63) is 29.1 Å². The van der Waals surface area contributed by atoms with Gasteiger partial charge in [-0.15, -0.1) is 0 Å². The van der Waals surface area contributed by atoms with Gasteiger partial charge in [0.05, 0.1) is 0 Å². The Balaban J connectivity index is 1.97. The second-order valence-corrected chi connectivity index (χ2v) is 5.49. The van der Waals surface area contributed by atoms with Crippen molar-refractivity contribution in [2.75, 3.05) is 0 Å². The van der Waals surface area contributed by atoms with E-state index in [-0.39, 0.29) is 17.7 Å². The van der Waals surface area contributed by atoms with Crippen LogP contribution in [0.25, 0.3) is 0 Å². The van der Waals surface area contributed by atoms with Crippen LogP contribution < -0.4 is 5.73 Å². The van der Waals surface area contributed by atoms with Gasteiger partial charge in [-0.1, -0.05) is 12.8 Å². The molecule has 0 heterocycles. The van der Waals surface area contributed by atoms with Crippen molar-refractivity contribution < 1.29 is 9.50 Å². The van der Waals surface area contributed by atoms with Crippen LogP contribution in [0.15, 0.2) is 12.1 Å². The minimum absolute atomic E-state index is 0.145. The van der Waals surface area contributed by atoms with Crippen LogP contribution in [-0.4, -0.2) is 11.1 Å². The normalized spacial score (nSPS) is 27.9. The van der Waals surface area contributed by atoms with Gasteiger partial charge in [0.15, 0.2) is 11.6 Å². The fraction of sp³-hybridized carbons (Fsp3) is 0.571. The minimum atomic E-state index is -0.515. The first-order valence-corrected chi connectivity index (χ1v) is 6.42. The van der Waals surface area contributed by atoms with E-state index >= 15 is 0 Å². The quantitative estimate of drug-likeness (QED) is 0.828. The zero-order valence-electron chi connectivity index (χ0n) is 9.82. The van der Waals surface area contributed by atoms with Gasteiger partial charge in [0, 0.05) is 6.04 Å². The molecule has 1 saturated carbocycles. The summed E-state index contributed by atoms with van der Waals surface area (Å²) in [5, 5.41) is 9.42. The van der Waals surface area contributed by atoms with Crippen LogP contribution in [0.5, 0.6) is 5.75 Å².